The second-order valence-electron chi connectivity index (χ2n) is 9.69. The van der Waals surface area contributed by atoms with Gasteiger partial charge in [-0.1, -0.05) is 82.1 Å². The highest BCUT2D eigenvalue weighted by atomic mass is 14.5. The third-order valence-corrected chi connectivity index (χ3v) is 7.71. The van der Waals surface area contributed by atoms with E-state index in [0.717, 1.165) is 40.9 Å². The summed E-state index contributed by atoms with van der Waals surface area (Å²) in [7, 11) is 0. The van der Waals surface area contributed by atoms with Crippen molar-refractivity contribution in [3.05, 3.63) is 0 Å². The molecule has 0 saturated heterocycles. The Morgan fingerprint density at radius 1 is 0.731 bits per heavy atom. The molecule has 5 fully saturated rings. The Kier molecular flexibility index (Phi) is 12.5. The Balaban J connectivity index is 0.000000393. The summed E-state index contributed by atoms with van der Waals surface area (Å²) in [5.41, 5.74) is 0.898. The van der Waals surface area contributed by atoms with Gasteiger partial charge in [0.25, 0.3) is 0 Å². The lowest BCUT2D eigenvalue weighted by molar-refractivity contribution is -0.0435. The van der Waals surface area contributed by atoms with Crippen LogP contribution in [0.2, 0.25) is 0 Å². The SMILES string of the molecule is C.CC.CC.CC(C)C1CC2(CCC2)C1.CC(C)C1CC2CCC1CC2. The lowest BCUT2D eigenvalue weighted by Crippen LogP contribution is -2.44. The normalized spacial score (nSPS) is 30.5. The minimum Gasteiger partial charge on any atom is -0.0776 e. The first kappa shape index (κ1) is 26.0. The van der Waals surface area contributed by atoms with Crippen molar-refractivity contribution in [2.75, 3.05) is 0 Å². The van der Waals surface area contributed by atoms with Crippen molar-refractivity contribution < 1.29 is 0 Å². The zero-order valence-corrected chi connectivity index (χ0v) is 19.0. The average Bonchev–Trinajstić information content (AvgIpc) is 2.57. The minimum atomic E-state index is 0. The van der Waals surface area contributed by atoms with Gasteiger partial charge in [0.05, 0.1) is 0 Å². The molecule has 2 bridgehead atoms. The van der Waals surface area contributed by atoms with E-state index in [1.807, 2.05) is 27.7 Å². The molecule has 1 spiro atoms. The average molecular weight is 367 g/mol. The van der Waals surface area contributed by atoms with Crippen LogP contribution in [-0.2, 0) is 0 Å². The second kappa shape index (κ2) is 12.5. The highest BCUT2D eigenvalue weighted by Gasteiger charge is 2.48. The smallest absolute Gasteiger partial charge is 0.0292 e. The van der Waals surface area contributed by atoms with Crippen LogP contribution in [-0.4, -0.2) is 0 Å². The molecule has 0 amide bonds. The fourth-order valence-electron chi connectivity index (χ4n) is 5.85. The Morgan fingerprint density at radius 2 is 1.23 bits per heavy atom. The van der Waals surface area contributed by atoms with Gasteiger partial charge < -0.3 is 0 Å². The van der Waals surface area contributed by atoms with Crippen molar-refractivity contribution in [2.24, 2.45) is 40.9 Å². The topological polar surface area (TPSA) is 0 Å². The van der Waals surface area contributed by atoms with Crippen molar-refractivity contribution >= 4 is 0 Å². The molecule has 0 radical (unpaired) electrons. The van der Waals surface area contributed by atoms with Gasteiger partial charge in [0.2, 0.25) is 0 Å². The van der Waals surface area contributed by atoms with E-state index in [4.69, 9.17) is 0 Å². The summed E-state index contributed by atoms with van der Waals surface area (Å²) < 4.78 is 0. The van der Waals surface area contributed by atoms with Gasteiger partial charge in [-0.3, -0.25) is 0 Å². The zero-order chi connectivity index (χ0) is 19.0. The van der Waals surface area contributed by atoms with Crippen LogP contribution in [0.3, 0.4) is 0 Å². The van der Waals surface area contributed by atoms with Crippen LogP contribution in [0.25, 0.3) is 0 Å². The Labute approximate surface area is 168 Å². The number of hydrogen-bond acceptors (Lipinski definition) is 0. The fraction of sp³-hybridized carbons (Fsp3) is 1.00. The summed E-state index contributed by atoms with van der Waals surface area (Å²) in [5, 5.41) is 0. The van der Waals surface area contributed by atoms with E-state index in [9.17, 15) is 0 Å². The van der Waals surface area contributed by atoms with Crippen molar-refractivity contribution in [3.63, 3.8) is 0 Å². The van der Waals surface area contributed by atoms with E-state index < -0.39 is 0 Å². The molecule has 158 valence electrons. The standard InChI is InChI=1S/C11H20.C10H18.2C2H6.CH4/c1-8(2)11-7-9-3-5-10(11)6-4-9;1-8(2)9-6-10(7-9)4-3-5-10;2*1-2;/h8-11H,3-7H2,1-2H3;8-9H,3-7H2,1-2H3;2*1-2H3;1H4. The second-order valence-corrected chi connectivity index (χ2v) is 9.69. The number of hydrogen-bond donors (Lipinski definition) is 0. The zero-order valence-electron chi connectivity index (χ0n) is 19.0. The molecule has 0 nitrogen and oxygen atoms in total. The van der Waals surface area contributed by atoms with Crippen LogP contribution in [0.4, 0.5) is 0 Å². The monoisotopic (exact) mass is 366 g/mol. The number of fused-ring (bicyclic) bond motifs is 3. The summed E-state index contributed by atoms with van der Waals surface area (Å²) in [5.74, 6) is 6.30. The van der Waals surface area contributed by atoms with E-state index >= 15 is 0 Å². The van der Waals surface area contributed by atoms with Gasteiger partial charge in [-0.05, 0) is 85.9 Å². The Bertz CT molecular complexity index is 320. The quantitative estimate of drug-likeness (QED) is 0.456. The molecule has 0 heterocycles. The van der Waals surface area contributed by atoms with Crippen molar-refractivity contribution in [2.45, 2.75) is 127 Å². The molecule has 1 unspecified atom stereocenters. The molecule has 1 atom stereocenters. The van der Waals surface area contributed by atoms with E-state index in [0.29, 0.717) is 0 Å². The molecule has 5 rings (SSSR count). The first-order valence-corrected chi connectivity index (χ1v) is 12.0. The van der Waals surface area contributed by atoms with Crippen LogP contribution in [0, 0.1) is 40.9 Å². The maximum atomic E-state index is 2.41. The van der Waals surface area contributed by atoms with Gasteiger partial charge in [-0.2, -0.15) is 0 Å². The van der Waals surface area contributed by atoms with Crippen molar-refractivity contribution in [1.29, 1.82) is 0 Å². The van der Waals surface area contributed by atoms with Gasteiger partial charge in [0.1, 0.15) is 0 Å². The summed E-state index contributed by atoms with van der Waals surface area (Å²) in [6.07, 6.45) is 15.5. The lowest BCUT2D eigenvalue weighted by Gasteiger charge is -2.55. The van der Waals surface area contributed by atoms with Crippen LogP contribution >= 0.6 is 0 Å². The van der Waals surface area contributed by atoms with Gasteiger partial charge in [0, 0.05) is 0 Å². The molecule has 0 aliphatic heterocycles. The predicted molar refractivity (Wildman–Crippen MR) is 122 cm³/mol. The molecule has 5 aliphatic carbocycles. The molecular formula is C26H54. The van der Waals surface area contributed by atoms with E-state index in [1.54, 1.807) is 57.8 Å². The minimum absolute atomic E-state index is 0. The maximum Gasteiger partial charge on any atom is -0.0292 e. The van der Waals surface area contributed by atoms with Gasteiger partial charge >= 0.3 is 0 Å². The molecule has 0 aromatic heterocycles. The number of rotatable bonds is 2. The highest BCUT2D eigenvalue weighted by Crippen LogP contribution is 2.60. The molecule has 0 N–H and O–H groups in total. The first-order chi connectivity index (χ1) is 12.0. The lowest BCUT2D eigenvalue weighted by atomic mass is 9.50. The molecule has 0 heteroatoms. The first-order valence-electron chi connectivity index (χ1n) is 12.0. The predicted octanol–water partition coefficient (Wildman–Crippen LogP) is 9.38. The van der Waals surface area contributed by atoms with Crippen LogP contribution in [0.5, 0.6) is 0 Å². The molecule has 5 saturated carbocycles. The van der Waals surface area contributed by atoms with Gasteiger partial charge in [-0.25, -0.2) is 0 Å². The van der Waals surface area contributed by atoms with Gasteiger partial charge in [0.15, 0.2) is 0 Å². The van der Waals surface area contributed by atoms with E-state index in [1.165, 1.54) is 6.42 Å². The molecular weight excluding hydrogens is 312 g/mol. The summed E-state index contributed by atoms with van der Waals surface area (Å²) in [4.78, 5) is 0. The Morgan fingerprint density at radius 3 is 1.46 bits per heavy atom. The Hall–Kier alpha value is 0. The van der Waals surface area contributed by atoms with Crippen molar-refractivity contribution in [3.8, 4) is 0 Å². The summed E-state index contributed by atoms with van der Waals surface area (Å²) in [6, 6.07) is 0. The van der Waals surface area contributed by atoms with Crippen LogP contribution < -0.4 is 0 Å². The summed E-state index contributed by atoms with van der Waals surface area (Å²) >= 11 is 0. The van der Waals surface area contributed by atoms with Crippen LogP contribution in [0.15, 0.2) is 0 Å². The maximum absolute atomic E-state index is 2.41. The molecule has 0 aromatic rings. The van der Waals surface area contributed by atoms with E-state index in [-0.39, 0.29) is 7.43 Å². The molecule has 5 aliphatic rings. The third kappa shape index (κ3) is 6.56. The third-order valence-electron chi connectivity index (χ3n) is 7.71. The van der Waals surface area contributed by atoms with Gasteiger partial charge in [-0.15, -0.1) is 0 Å². The highest BCUT2D eigenvalue weighted by molar-refractivity contribution is 4.99. The van der Waals surface area contributed by atoms with Crippen LogP contribution in [0.1, 0.15) is 127 Å². The largest absolute Gasteiger partial charge is 0.0776 e. The fourth-order valence-corrected chi connectivity index (χ4v) is 5.85. The van der Waals surface area contributed by atoms with Crippen molar-refractivity contribution in [1.82, 2.24) is 0 Å². The molecule has 0 aromatic carbocycles. The van der Waals surface area contributed by atoms with E-state index in [2.05, 4.69) is 27.7 Å². The summed E-state index contributed by atoms with van der Waals surface area (Å²) in [6.45, 7) is 17.6. The molecule has 26 heavy (non-hydrogen) atoms.